The van der Waals surface area contributed by atoms with Gasteiger partial charge in [-0.3, -0.25) is 28.8 Å². The van der Waals surface area contributed by atoms with Crippen molar-refractivity contribution < 1.29 is 58.3 Å². The van der Waals surface area contributed by atoms with E-state index in [0.29, 0.717) is 71.8 Å². The summed E-state index contributed by atoms with van der Waals surface area (Å²) in [6, 6.07) is 39.5. The number of hydrogen-bond donors (Lipinski definition) is 6. The molecule has 0 aliphatic carbocycles. The average molecular weight is 1360 g/mol. The van der Waals surface area contributed by atoms with Crippen molar-refractivity contribution in [3.05, 3.63) is 210 Å². The molecule has 0 radical (unpaired) electrons. The molecule has 21 heteroatoms. The molecule has 3 aliphatic heterocycles. The van der Waals surface area contributed by atoms with E-state index < -0.39 is 52.3 Å². The third-order valence-corrected chi connectivity index (χ3v) is 20.7. The van der Waals surface area contributed by atoms with Gasteiger partial charge in [0.15, 0.2) is 0 Å². The van der Waals surface area contributed by atoms with E-state index in [-0.39, 0.29) is 35.5 Å². The number of benzene rings is 6. The Morgan fingerprint density at radius 3 is 0.781 bits per heavy atom. The second kappa shape index (κ2) is 27.9. The normalized spacial score (nSPS) is 16.1. The average Bonchev–Trinajstić information content (AvgIpc) is 1.73. The summed E-state index contributed by atoms with van der Waals surface area (Å²) in [5.41, 5.74) is 10.1. The Hall–Kier alpha value is -8.49. The quantitative estimate of drug-likeness (QED) is 0.0470. The molecule has 504 valence electrons. The Balaban J connectivity index is 0.000000157. The molecule has 6 heterocycles. The van der Waals surface area contributed by atoms with Crippen LogP contribution in [0, 0.1) is 38.5 Å². The number of nitrogens with zero attached hydrogens (tertiary/aromatic N) is 3. The van der Waals surface area contributed by atoms with Crippen LogP contribution in [0.2, 0.25) is 15.1 Å². The molecule has 0 saturated carbocycles. The number of ether oxygens (including phenoxy) is 3. The number of hydrogen-bond acceptors (Lipinski definition) is 9. The lowest BCUT2D eigenvalue weighted by Gasteiger charge is -2.42. The van der Waals surface area contributed by atoms with E-state index in [4.69, 9.17) is 49.0 Å². The molecule has 96 heavy (non-hydrogen) atoms. The predicted octanol–water partition coefficient (Wildman–Crippen LogP) is 13.9. The van der Waals surface area contributed by atoms with Crippen LogP contribution in [0.15, 0.2) is 127 Å². The second-order valence-corrected chi connectivity index (χ2v) is 27.9. The fourth-order valence-corrected chi connectivity index (χ4v) is 13.9. The molecule has 1 unspecified atom stereocenters. The first-order valence-electron chi connectivity index (χ1n) is 31.9. The molecular formula is C75H81Cl3N6O12. The summed E-state index contributed by atoms with van der Waals surface area (Å²) in [7, 11) is 5.54. The van der Waals surface area contributed by atoms with Gasteiger partial charge < -0.3 is 59.2 Å². The minimum Gasteiger partial charge on any atom is -0.481 e. The molecule has 9 aromatic rings. The van der Waals surface area contributed by atoms with Crippen molar-refractivity contribution in [2.45, 2.75) is 96.7 Å². The van der Waals surface area contributed by atoms with Gasteiger partial charge in [-0.2, -0.15) is 0 Å². The number of aryl methyl sites for hydroxylation is 6. The Morgan fingerprint density at radius 1 is 0.385 bits per heavy atom. The van der Waals surface area contributed by atoms with Gasteiger partial charge in [-0.05, 0) is 125 Å². The largest absolute Gasteiger partial charge is 0.481 e. The van der Waals surface area contributed by atoms with Crippen molar-refractivity contribution in [2.24, 2.45) is 38.9 Å². The molecule has 3 fully saturated rings. The molecule has 6 N–H and O–H groups in total. The first-order valence-corrected chi connectivity index (χ1v) is 33.0. The maximum absolute atomic E-state index is 13.3. The van der Waals surface area contributed by atoms with Crippen LogP contribution in [-0.4, -0.2) is 104 Å². The van der Waals surface area contributed by atoms with Gasteiger partial charge in [0.05, 0.1) is 72.5 Å². The van der Waals surface area contributed by atoms with Gasteiger partial charge in [0.2, 0.25) is 0 Å². The number of halogens is 3. The van der Waals surface area contributed by atoms with E-state index in [0.717, 1.165) is 82.8 Å². The number of carbonyl (C=O) groups is 6. The molecule has 3 amide bonds. The van der Waals surface area contributed by atoms with Crippen LogP contribution in [-0.2, 0) is 66.4 Å². The molecule has 6 aromatic carbocycles. The molecule has 0 bridgehead atoms. The van der Waals surface area contributed by atoms with E-state index in [1.54, 1.807) is 0 Å². The standard InChI is InChI=1S/3C25H27ClN2O4/c3*1-14(2)21(24(30)31)16-6-8-17(9-7-16)25(12-32-13-25)27-23(29)20-11-18-19(28(20)4)10-5-15(3)22(18)26/h3*5-11,14,21H,12-13H2,1-4H3,(H,27,29)(H,30,31)/t2*21-;/m10./s1. The minimum atomic E-state index is -0.840. The molecule has 0 spiro atoms. The van der Waals surface area contributed by atoms with Crippen LogP contribution in [0.25, 0.3) is 32.7 Å². The third-order valence-electron chi connectivity index (χ3n) is 19.2. The van der Waals surface area contributed by atoms with Crippen molar-refractivity contribution >= 4 is 103 Å². The number of fused-ring (bicyclic) bond motifs is 3. The van der Waals surface area contributed by atoms with Crippen molar-refractivity contribution in [2.75, 3.05) is 39.6 Å². The number of carboxylic acids is 3. The lowest BCUT2D eigenvalue weighted by molar-refractivity contribution is -0.140. The zero-order valence-electron chi connectivity index (χ0n) is 55.8. The first kappa shape index (κ1) is 70.3. The highest BCUT2D eigenvalue weighted by atomic mass is 35.5. The molecule has 18 nitrogen and oxygen atoms in total. The van der Waals surface area contributed by atoms with Gasteiger partial charge in [-0.15, -0.1) is 0 Å². The number of rotatable bonds is 18. The summed E-state index contributed by atoms with van der Waals surface area (Å²) in [6.45, 7) is 19.3. The van der Waals surface area contributed by atoms with Gasteiger partial charge in [0, 0.05) is 53.9 Å². The van der Waals surface area contributed by atoms with Crippen LogP contribution in [0.4, 0.5) is 0 Å². The highest BCUT2D eigenvalue weighted by molar-refractivity contribution is 6.37. The van der Waals surface area contributed by atoms with Crippen LogP contribution in [0.5, 0.6) is 0 Å². The van der Waals surface area contributed by atoms with E-state index in [1.807, 2.05) is 225 Å². The van der Waals surface area contributed by atoms with Gasteiger partial charge in [0.1, 0.15) is 33.7 Å². The zero-order valence-corrected chi connectivity index (χ0v) is 58.1. The van der Waals surface area contributed by atoms with Crippen molar-refractivity contribution in [1.29, 1.82) is 0 Å². The second-order valence-electron chi connectivity index (χ2n) is 26.8. The predicted molar refractivity (Wildman–Crippen MR) is 373 cm³/mol. The Labute approximate surface area is 572 Å². The Bertz CT molecular complexity index is 4030. The summed E-state index contributed by atoms with van der Waals surface area (Å²) in [5, 5.41) is 42.6. The molecule has 3 aliphatic rings. The van der Waals surface area contributed by atoms with Gasteiger partial charge in [0.25, 0.3) is 17.7 Å². The van der Waals surface area contributed by atoms with E-state index in [2.05, 4.69) is 16.0 Å². The maximum Gasteiger partial charge on any atom is 0.311 e. The highest BCUT2D eigenvalue weighted by Crippen LogP contribution is 2.39. The van der Waals surface area contributed by atoms with E-state index in [1.165, 1.54) is 0 Å². The Kier molecular flexibility index (Phi) is 20.5. The summed E-state index contributed by atoms with van der Waals surface area (Å²) in [5.74, 6) is -4.96. The van der Waals surface area contributed by atoms with E-state index >= 15 is 0 Å². The number of amides is 3. The third kappa shape index (κ3) is 13.4. The monoisotopic (exact) mass is 1360 g/mol. The molecule has 12 rings (SSSR count). The highest BCUT2D eigenvalue weighted by Gasteiger charge is 2.45. The topological polar surface area (TPSA) is 242 Å². The minimum absolute atomic E-state index is 0.0269. The maximum atomic E-state index is 13.3. The van der Waals surface area contributed by atoms with Gasteiger partial charge >= 0.3 is 17.9 Å². The lowest BCUT2D eigenvalue weighted by atomic mass is 9.84. The summed E-state index contributed by atoms with van der Waals surface area (Å²) >= 11 is 19.4. The van der Waals surface area contributed by atoms with Gasteiger partial charge in [-0.25, -0.2) is 0 Å². The number of carbonyl (C=O) groups excluding carboxylic acids is 3. The van der Waals surface area contributed by atoms with E-state index in [9.17, 15) is 44.1 Å². The number of nitrogens with one attached hydrogen (secondary N) is 3. The van der Waals surface area contributed by atoms with Crippen molar-refractivity contribution in [3.8, 4) is 0 Å². The zero-order chi connectivity index (χ0) is 69.6. The van der Waals surface area contributed by atoms with Crippen molar-refractivity contribution in [1.82, 2.24) is 29.7 Å². The molecule has 3 saturated heterocycles. The summed E-state index contributed by atoms with van der Waals surface area (Å²) in [4.78, 5) is 74.7. The molecule has 3 atom stereocenters. The first-order chi connectivity index (χ1) is 45.4. The number of carboxylic acid groups (broad SMARTS) is 3. The van der Waals surface area contributed by atoms with Crippen LogP contribution >= 0.6 is 34.8 Å². The smallest absolute Gasteiger partial charge is 0.311 e. The Morgan fingerprint density at radius 2 is 0.604 bits per heavy atom. The number of aromatic nitrogens is 3. The molecular weight excluding hydrogens is 1280 g/mol. The number of aliphatic carboxylic acids is 3. The summed E-state index contributed by atoms with van der Waals surface area (Å²) in [6.07, 6.45) is 0. The fourth-order valence-electron chi connectivity index (χ4n) is 13.3. The SMILES string of the molecule is Cc1ccc2c(cc(C(=O)NC3(c4ccc(C(C(=O)O)C(C)C)cc4)COC3)n2C)c1Cl.Cc1ccc2c(cc(C(=O)NC3(c4ccc([C@@H](C(=O)O)C(C)C)cc4)COC3)n2C)c1Cl.Cc1ccc2c(cc(C(=O)NC3(c4ccc([C@H](C(=O)O)C(C)C)cc4)COC3)n2C)c1Cl. The fraction of sp³-hybridized carbons (Fsp3) is 0.360. The summed E-state index contributed by atoms with van der Waals surface area (Å²) < 4.78 is 21.9. The van der Waals surface area contributed by atoms with Crippen LogP contribution in [0.3, 0.4) is 0 Å². The van der Waals surface area contributed by atoms with Crippen LogP contribution < -0.4 is 16.0 Å². The lowest BCUT2D eigenvalue weighted by Crippen LogP contribution is -2.59. The van der Waals surface area contributed by atoms with Gasteiger partial charge in [-0.1, -0.05) is 167 Å². The molecule has 3 aromatic heterocycles. The van der Waals surface area contributed by atoms with Crippen molar-refractivity contribution in [3.63, 3.8) is 0 Å². The van der Waals surface area contributed by atoms with Crippen LogP contribution in [0.1, 0.15) is 141 Å².